The third-order valence-electron chi connectivity index (χ3n) is 3.56. The third kappa shape index (κ3) is 4.70. The lowest BCUT2D eigenvalue weighted by Gasteiger charge is -2.25. The van der Waals surface area contributed by atoms with Crippen LogP contribution in [0.1, 0.15) is 32.9 Å². The first-order valence-electron chi connectivity index (χ1n) is 7.41. The van der Waals surface area contributed by atoms with E-state index in [1.54, 1.807) is 11.1 Å². The van der Waals surface area contributed by atoms with Crippen LogP contribution in [0.5, 0.6) is 0 Å². The molecule has 21 heavy (non-hydrogen) atoms. The molecule has 1 saturated heterocycles. The Balaban J connectivity index is 1.86. The van der Waals surface area contributed by atoms with Crippen molar-refractivity contribution in [1.29, 1.82) is 0 Å². The fourth-order valence-electron chi connectivity index (χ4n) is 2.49. The molecule has 2 atom stereocenters. The Morgan fingerprint density at radius 1 is 1.52 bits per heavy atom. The number of aliphatic hydroxyl groups excluding tert-OH is 1. The van der Waals surface area contributed by atoms with Gasteiger partial charge in [-0.1, -0.05) is 6.07 Å². The van der Waals surface area contributed by atoms with Crippen LogP contribution in [0.15, 0.2) is 24.4 Å². The molecule has 116 valence electrons. The fourth-order valence-corrected chi connectivity index (χ4v) is 2.49. The van der Waals surface area contributed by atoms with Gasteiger partial charge in [-0.25, -0.2) is 4.79 Å². The lowest BCUT2D eigenvalue weighted by molar-refractivity contribution is 0.0269. The summed E-state index contributed by atoms with van der Waals surface area (Å²) in [5.41, 5.74) is 0.391. The summed E-state index contributed by atoms with van der Waals surface area (Å²) >= 11 is 0. The first-order valence-corrected chi connectivity index (χ1v) is 7.41. The van der Waals surface area contributed by atoms with Gasteiger partial charge in [0.25, 0.3) is 0 Å². The van der Waals surface area contributed by atoms with Gasteiger partial charge < -0.3 is 14.7 Å². The van der Waals surface area contributed by atoms with E-state index >= 15 is 0 Å². The summed E-state index contributed by atoms with van der Waals surface area (Å²) in [7, 11) is 0. The first kappa shape index (κ1) is 15.8. The van der Waals surface area contributed by atoms with Crippen LogP contribution in [-0.4, -0.2) is 45.9 Å². The molecule has 0 spiro atoms. The minimum Gasteiger partial charge on any atom is -0.444 e. The van der Waals surface area contributed by atoms with E-state index < -0.39 is 11.7 Å². The van der Waals surface area contributed by atoms with Gasteiger partial charge in [0.2, 0.25) is 0 Å². The van der Waals surface area contributed by atoms with E-state index in [2.05, 4.69) is 4.98 Å². The fraction of sp³-hybridized carbons (Fsp3) is 0.625. The van der Waals surface area contributed by atoms with Crippen LogP contribution in [-0.2, 0) is 11.2 Å². The molecule has 0 aromatic carbocycles. The average Bonchev–Trinajstić information content (AvgIpc) is 2.87. The second kappa shape index (κ2) is 6.43. The van der Waals surface area contributed by atoms with Gasteiger partial charge in [0.1, 0.15) is 5.60 Å². The second-order valence-corrected chi connectivity index (χ2v) is 6.57. The van der Waals surface area contributed by atoms with Gasteiger partial charge in [-0.2, -0.15) is 0 Å². The summed E-state index contributed by atoms with van der Waals surface area (Å²) in [5, 5.41) is 10.3. The highest BCUT2D eigenvalue weighted by Crippen LogP contribution is 2.23. The number of ether oxygens (including phenoxy) is 1. The van der Waals surface area contributed by atoms with Crippen molar-refractivity contribution in [2.24, 2.45) is 5.92 Å². The number of pyridine rings is 1. The van der Waals surface area contributed by atoms with Gasteiger partial charge in [-0.15, -0.1) is 0 Å². The Morgan fingerprint density at radius 3 is 2.90 bits per heavy atom. The maximum atomic E-state index is 12.0. The van der Waals surface area contributed by atoms with Crippen LogP contribution >= 0.6 is 0 Å². The molecule has 0 bridgehead atoms. The van der Waals surface area contributed by atoms with E-state index in [-0.39, 0.29) is 12.0 Å². The van der Waals surface area contributed by atoms with Crippen molar-refractivity contribution >= 4 is 6.09 Å². The number of hydrogen-bond donors (Lipinski definition) is 1. The van der Waals surface area contributed by atoms with Crippen molar-refractivity contribution in [3.05, 3.63) is 30.1 Å². The van der Waals surface area contributed by atoms with Gasteiger partial charge in [-0.05, 0) is 39.3 Å². The zero-order valence-electron chi connectivity index (χ0n) is 13.0. The number of aromatic nitrogens is 1. The Kier molecular flexibility index (Phi) is 4.83. The van der Waals surface area contributed by atoms with E-state index in [4.69, 9.17) is 4.74 Å². The standard InChI is InChI=1S/C16H24N2O3/c1-16(2,3)21-15(20)18-9-7-12(11-18)14(19)10-13-6-4-5-8-17-13/h4-6,8,12,14,19H,7,9-11H2,1-3H3. The molecule has 1 fully saturated rings. The number of carbonyl (C=O) groups excluding carboxylic acids is 1. The maximum absolute atomic E-state index is 12.0. The second-order valence-electron chi connectivity index (χ2n) is 6.57. The van der Waals surface area contributed by atoms with Crippen LogP contribution in [0, 0.1) is 5.92 Å². The van der Waals surface area contributed by atoms with Gasteiger partial charge >= 0.3 is 6.09 Å². The van der Waals surface area contributed by atoms with Crippen molar-refractivity contribution < 1.29 is 14.6 Å². The van der Waals surface area contributed by atoms with Crippen LogP contribution in [0.2, 0.25) is 0 Å². The Labute approximate surface area is 125 Å². The van der Waals surface area contributed by atoms with Crippen molar-refractivity contribution in [3.8, 4) is 0 Å². The summed E-state index contributed by atoms with van der Waals surface area (Å²) in [5.74, 6) is 0.0829. The Morgan fingerprint density at radius 2 is 2.29 bits per heavy atom. The van der Waals surface area contributed by atoms with E-state index in [9.17, 15) is 9.90 Å². The van der Waals surface area contributed by atoms with Gasteiger partial charge in [0.05, 0.1) is 6.10 Å². The smallest absolute Gasteiger partial charge is 0.410 e. The molecule has 1 aromatic rings. The molecule has 5 heteroatoms. The van der Waals surface area contributed by atoms with Crippen LogP contribution in [0.25, 0.3) is 0 Å². The molecular weight excluding hydrogens is 268 g/mol. The highest BCUT2D eigenvalue weighted by Gasteiger charge is 2.33. The average molecular weight is 292 g/mol. The lowest BCUT2D eigenvalue weighted by Crippen LogP contribution is -2.36. The topological polar surface area (TPSA) is 62.7 Å². The van der Waals surface area contributed by atoms with Crippen LogP contribution < -0.4 is 0 Å². The molecule has 0 radical (unpaired) electrons. The predicted octanol–water partition coefficient (Wildman–Crippen LogP) is 2.24. The first-order chi connectivity index (χ1) is 9.85. The molecular formula is C16H24N2O3. The van der Waals surface area contributed by atoms with Crippen molar-refractivity contribution in [2.75, 3.05) is 13.1 Å². The van der Waals surface area contributed by atoms with Gasteiger partial charge in [-0.3, -0.25) is 4.98 Å². The summed E-state index contributed by atoms with van der Waals surface area (Å²) in [6.07, 6.45) is 2.27. The zero-order chi connectivity index (χ0) is 15.5. The van der Waals surface area contributed by atoms with E-state index in [1.807, 2.05) is 39.0 Å². The minimum absolute atomic E-state index is 0.0829. The summed E-state index contributed by atoms with van der Waals surface area (Å²) in [4.78, 5) is 17.9. The Bertz CT molecular complexity index is 470. The van der Waals surface area contributed by atoms with Gasteiger partial charge in [0.15, 0.2) is 0 Å². The number of amides is 1. The quantitative estimate of drug-likeness (QED) is 0.928. The monoisotopic (exact) mass is 292 g/mol. The number of nitrogens with zero attached hydrogens (tertiary/aromatic N) is 2. The van der Waals surface area contributed by atoms with Crippen molar-refractivity contribution in [1.82, 2.24) is 9.88 Å². The molecule has 1 aliphatic heterocycles. The van der Waals surface area contributed by atoms with E-state index in [0.29, 0.717) is 19.5 Å². The van der Waals surface area contributed by atoms with Crippen molar-refractivity contribution in [3.63, 3.8) is 0 Å². The SMILES string of the molecule is CC(C)(C)OC(=O)N1CCC(C(O)Cc2ccccn2)C1. The molecule has 2 heterocycles. The Hall–Kier alpha value is -1.62. The largest absolute Gasteiger partial charge is 0.444 e. The number of rotatable bonds is 3. The number of hydrogen-bond acceptors (Lipinski definition) is 4. The third-order valence-corrected chi connectivity index (χ3v) is 3.56. The minimum atomic E-state index is -0.484. The van der Waals surface area contributed by atoms with Crippen molar-refractivity contribution in [2.45, 2.75) is 45.3 Å². The molecule has 1 aromatic heterocycles. The summed E-state index contributed by atoms with van der Waals surface area (Å²) in [6.45, 7) is 6.75. The number of likely N-dealkylation sites (tertiary alicyclic amines) is 1. The van der Waals surface area contributed by atoms with Crippen LogP contribution in [0.4, 0.5) is 4.79 Å². The molecule has 2 rings (SSSR count). The van der Waals surface area contributed by atoms with E-state index in [1.165, 1.54) is 0 Å². The molecule has 5 nitrogen and oxygen atoms in total. The number of aliphatic hydroxyl groups is 1. The van der Waals surface area contributed by atoms with E-state index in [0.717, 1.165) is 12.1 Å². The summed E-state index contributed by atoms with van der Waals surface area (Å²) < 4.78 is 5.36. The van der Waals surface area contributed by atoms with Gasteiger partial charge in [0, 0.05) is 37.3 Å². The number of carbonyl (C=O) groups is 1. The molecule has 1 aliphatic rings. The molecule has 1 N–H and O–H groups in total. The zero-order valence-corrected chi connectivity index (χ0v) is 13.0. The summed E-state index contributed by atoms with van der Waals surface area (Å²) in [6, 6.07) is 5.68. The molecule has 1 amide bonds. The highest BCUT2D eigenvalue weighted by molar-refractivity contribution is 5.68. The molecule has 0 saturated carbocycles. The maximum Gasteiger partial charge on any atom is 0.410 e. The van der Waals surface area contributed by atoms with Crippen LogP contribution in [0.3, 0.4) is 0 Å². The highest BCUT2D eigenvalue weighted by atomic mass is 16.6. The predicted molar refractivity (Wildman–Crippen MR) is 79.9 cm³/mol. The normalized spacial score (nSPS) is 20.4. The lowest BCUT2D eigenvalue weighted by atomic mass is 9.97. The molecule has 2 unspecified atom stereocenters. The molecule has 0 aliphatic carbocycles.